The van der Waals surface area contributed by atoms with Gasteiger partial charge in [-0.25, -0.2) is 4.79 Å². The Hall–Kier alpha value is -1.43. The molecule has 3 nitrogen and oxygen atoms in total. The molecule has 3 heteroatoms. The zero-order valence-electron chi connectivity index (χ0n) is 7.58. The zero-order chi connectivity index (χ0) is 9.52. The molecule has 13 heavy (non-hydrogen) atoms. The Balaban J connectivity index is 2.29. The maximum absolute atomic E-state index is 11.2. The van der Waals surface area contributed by atoms with Crippen LogP contribution in [0, 0.1) is 11.8 Å². The lowest BCUT2D eigenvalue weighted by Gasteiger charge is -2.16. The standard InChI is InChI=1S/C10H12O3/c1-2-3-7-13-10(11)9-6-4-5-8-12-9/h5,8-9H,4,6-7H2,1H3. The average molecular weight is 180 g/mol. The third-order valence-corrected chi connectivity index (χ3v) is 1.66. The number of carbonyl (C=O) groups is 1. The van der Waals surface area contributed by atoms with E-state index in [-0.39, 0.29) is 12.6 Å². The van der Waals surface area contributed by atoms with Crippen LogP contribution in [0.4, 0.5) is 0 Å². The molecule has 0 amide bonds. The molecular weight excluding hydrogens is 168 g/mol. The average Bonchev–Trinajstić information content (AvgIpc) is 2.19. The summed E-state index contributed by atoms with van der Waals surface area (Å²) in [7, 11) is 0. The molecule has 1 aliphatic heterocycles. The molecule has 0 bridgehead atoms. The number of rotatable bonds is 2. The van der Waals surface area contributed by atoms with Gasteiger partial charge in [-0.3, -0.25) is 0 Å². The molecule has 0 N–H and O–H groups in total. The minimum Gasteiger partial charge on any atom is -0.487 e. The molecule has 0 saturated heterocycles. The van der Waals surface area contributed by atoms with E-state index in [0.29, 0.717) is 6.42 Å². The van der Waals surface area contributed by atoms with Crippen molar-refractivity contribution < 1.29 is 14.3 Å². The molecule has 0 radical (unpaired) electrons. The summed E-state index contributed by atoms with van der Waals surface area (Å²) < 4.78 is 9.92. The SMILES string of the molecule is CC#CCOC(=O)C1CCC=CO1. The van der Waals surface area contributed by atoms with Crippen molar-refractivity contribution in [2.45, 2.75) is 25.9 Å². The smallest absolute Gasteiger partial charge is 0.348 e. The van der Waals surface area contributed by atoms with Crippen LogP contribution in [0.15, 0.2) is 12.3 Å². The van der Waals surface area contributed by atoms with Gasteiger partial charge in [-0.1, -0.05) is 5.92 Å². The molecule has 0 aromatic heterocycles. The molecule has 0 aromatic carbocycles. The van der Waals surface area contributed by atoms with Gasteiger partial charge in [0.15, 0.2) is 12.7 Å². The highest BCUT2D eigenvalue weighted by molar-refractivity contribution is 5.75. The first-order chi connectivity index (χ1) is 6.34. The van der Waals surface area contributed by atoms with Crippen molar-refractivity contribution in [2.75, 3.05) is 6.61 Å². The van der Waals surface area contributed by atoms with E-state index in [0.717, 1.165) is 6.42 Å². The third-order valence-electron chi connectivity index (χ3n) is 1.66. The topological polar surface area (TPSA) is 35.5 Å². The summed E-state index contributed by atoms with van der Waals surface area (Å²) in [5.74, 6) is 4.97. The van der Waals surface area contributed by atoms with E-state index in [1.54, 1.807) is 13.2 Å². The van der Waals surface area contributed by atoms with Crippen molar-refractivity contribution >= 4 is 5.97 Å². The molecule has 0 saturated carbocycles. The van der Waals surface area contributed by atoms with Gasteiger partial charge in [0.05, 0.1) is 6.26 Å². The van der Waals surface area contributed by atoms with Gasteiger partial charge < -0.3 is 9.47 Å². The molecule has 70 valence electrons. The Morgan fingerprint density at radius 2 is 2.62 bits per heavy atom. The Bertz CT molecular complexity index is 257. The van der Waals surface area contributed by atoms with Gasteiger partial charge in [0.2, 0.25) is 0 Å². The van der Waals surface area contributed by atoms with Gasteiger partial charge in [0, 0.05) is 0 Å². The largest absolute Gasteiger partial charge is 0.487 e. The van der Waals surface area contributed by atoms with Gasteiger partial charge in [-0.15, -0.1) is 5.92 Å². The van der Waals surface area contributed by atoms with E-state index in [2.05, 4.69) is 11.8 Å². The molecule has 0 spiro atoms. The summed E-state index contributed by atoms with van der Waals surface area (Å²) in [6.45, 7) is 1.85. The Kier molecular flexibility index (Phi) is 3.90. The van der Waals surface area contributed by atoms with Crippen LogP contribution in [0.25, 0.3) is 0 Å². The van der Waals surface area contributed by atoms with Gasteiger partial charge in [-0.2, -0.15) is 0 Å². The minimum atomic E-state index is -0.441. The quantitative estimate of drug-likeness (QED) is 0.474. The predicted octanol–water partition coefficient (Wildman–Crippen LogP) is 1.25. The predicted molar refractivity (Wildman–Crippen MR) is 47.7 cm³/mol. The summed E-state index contributed by atoms with van der Waals surface area (Å²) in [4.78, 5) is 11.2. The third kappa shape index (κ3) is 3.20. The first-order valence-corrected chi connectivity index (χ1v) is 4.21. The van der Waals surface area contributed by atoms with Crippen LogP contribution in [0.5, 0.6) is 0 Å². The summed E-state index contributed by atoms with van der Waals surface area (Å²) in [6, 6.07) is 0. The number of carbonyl (C=O) groups excluding carboxylic acids is 1. The monoisotopic (exact) mass is 180 g/mol. The highest BCUT2D eigenvalue weighted by Crippen LogP contribution is 2.11. The van der Waals surface area contributed by atoms with Crippen LogP contribution in [0.3, 0.4) is 0 Å². The van der Waals surface area contributed by atoms with Crippen LogP contribution in [-0.4, -0.2) is 18.7 Å². The van der Waals surface area contributed by atoms with Gasteiger partial charge in [0.25, 0.3) is 0 Å². The molecule has 0 fully saturated rings. The van der Waals surface area contributed by atoms with Crippen molar-refractivity contribution in [3.63, 3.8) is 0 Å². The van der Waals surface area contributed by atoms with Gasteiger partial charge in [0.1, 0.15) is 0 Å². The van der Waals surface area contributed by atoms with E-state index in [1.165, 1.54) is 0 Å². The van der Waals surface area contributed by atoms with E-state index >= 15 is 0 Å². The molecule has 1 unspecified atom stereocenters. The van der Waals surface area contributed by atoms with E-state index in [9.17, 15) is 4.79 Å². The fourth-order valence-corrected chi connectivity index (χ4v) is 0.980. The van der Waals surface area contributed by atoms with Gasteiger partial charge in [-0.05, 0) is 25.8 Å². The van der Waals surface area contributed by atoms with Crippen LogP contribution < -0.4 is 0 Å². The lowest BCUT2D eigenvalue weighted by atomic mass is 10.2. The fourth-order valence-electron chi connectivity index (χ4n) is 0.980. The van der Waals surface area contributed by atoms with Crippen molar-refractivity contribution in [1.29, 1.82) is 0 Å². The maximum Gasteiger partial charge on any atom is 0.348 e. The zero-order valence-corrected chi connectivity index (χ0v) is 7.58. The van der Waals surface area contributed by atoms with E-state index < -0.39 is 6.10 Å². The number of ether oxygens (including phenoxy) is 2. The second-order valence-corrected chi connectivity index (χ2v) is 2.61. The number of allylic oxidation sites excluding steroid dienone is 1. The molecule has 0 aromatic rings. The highest BCUT2D eigenvalue weighted by Gasteiger charge is 2.21. The molecule has 1 heterocycles. The van der Waals surface area contributed by atoms with E-state index in [4.69, 9.17) is 9.47 Å². The summed E-state index contributed by atoms with van der Waals surface area (Å²) in [5.41, 5.74) is 0. The first-order valence-electron chi connectivity index (χ1n) is 4.21. The summed E-state index contributed by atoms with van der Waals surface area (Å²) in [6.07, 6.45) is 4.54. The molecule has 1 atom stereocenters. The van der Waals surface area contributed by atoms with Crippen LogP contribution >= 0.6 is 0 Å². The summed E-state index contributed by atoms with van der Waals surface area (Å²) >= 11 is 0. The van der Waals surface area contributed by atoms with Crippen LogP contribution in [0.2, 0.25) is 0 Å². The van der Waals surface area contributed by atoms with E-state index in [1.807, 2.05) is 6.08 Å². The summed E-state index contributed by atoms with van der Waals surface area (Å²) in [5, 5.41) is 0. The minimum absolute atomic E-state index is 0.152. The van der Waals surface area contributed by atoms with Gasteiger partial charge >= 0.3 is 5.97 Å². The molecule has 0 aliphatic carbocycles. The Morgan fingerprint density at radius 1 is 1.77 bits per heavy atom. The van der Waals surface area contributed by atoms with Crippen molar-refractivity contribution in [3.05, 3.63) is 12.3 Å². The normalized spacial score (nSPS) is 19.6. The number of esters is 1. The first kappa shape index (κ1) is 9.66. The second kappa shape index (κ2) is 5.26. The maximum atomic E-state index is 11.2. The Labute approximate surface area is 77.7 Å². The van der Waals surface area contributed by atoms with Crippen molar-refractivity contribution in [2.24, 2.45) is 0 Å². The Morgan fingerprint density at radius 3 is 3.23 bits per heavy atom. The van der Waals surface area contributed by atoms with Crippen molar-refractivity contribution in [1.82, 2.24) is 0 Å². The molecule has 1 rings (SSSR count). The lowest BCUT2D eigenvalue weighted by molar-refractivity contribution is -0.153. The van der Waals surface area contributed by atoms with Crippen molar-refractivity contribution in [3.8, 4) is 11.8 Å². The highest BCUT2D eigenvalue weighted by atomic mass is 16.6. The number of hydrogen-bond acceptors (Lipinski definition) is 3. The van der Waals surface area contributed by atoms with Crippen LogP contribution in [-0.2, 0) is 14.3 Å². The van der Waals surface area contributed by atoms with Crippen LogP contribution in [0.1, 0.15) is 19.8 Å². The molecule has 1 aliphatic rings. The number of hydrogen-bond donors (Lipinski definition) is 0. The lowest BCUT2D eigenvalue weighted by Crippen LogP contribution is -2.26. The fraction of sp³-hybridized carbons (Fsp3) is 0.500. The molecular formula is C10H12O3. The second-order valence-electron chi connectivity index (χ2n) is 2.61.